The number of benzene rings is 2. The molecule has 0 radical (unpaired) electrons. The molecule has 0 aliphatic heterocycles. The number of anilines is 2. The number of rotatable bonds is 2. The maximum atomic E-state index is 8.07. The molecular weight excluding hydrogens is 246 g/mol. The quantitative estimate of drug-likeness (QED) is 0.569. The number of aryl methyl sites for hydroxylation is 2. The average molecular weight is 265 g/mol. The fraction of sp³-hybridized carbons (Fsp3) is 0.235. The van der Waals surface area contributed by atoms with Crippen LogP contribution in [-0.2, 0) is 12.8 Å². The van der Waals surface area contributed by atoms with Crippen molar-refractivity contribution in [3.63, 3.8) is 0 Å². The van der Waals surface area contributed by atoms with Gasteiger partial charge in [0, 0.05) is 11.4 Å². The van der Waals surface area contributed by atoms with Crippen molar-refractivity contribution >= 4 is 17.3 Å². The van der Waals surface area contributed by atoms with Gasteiger partial charge in [0.25, 0.3) is 0 Å². The van der Waals surface area contributed by atoms with E-state index in [1.54, 1.807) is 0 Å². The van der Waals surface area contributed by atoms with Gasteiger partial charge in [-0.05, 0) is 61.1 Å². The Morgan fingerprint density at radius 3 is 2.75 bits per heavy atom. The highest BCUT2D eigenvalue weighted by Crippen LogP contribution is 2.28. The van der Waals surface area contributed by atoms with Crippen LogP contribution < -0.4 is 10.6 Å². The minimum absolute atomic E-state index is 0.316. The summed E-state index contributed by atoms with van der Waals surface area (Å²) in [7, 11) is 0. The van der Waals surface area contributed by atoms with Crippen molar-refractivity contribution in [3.8, 4) is 0 Å². The van der Waals surface area contributed by atoms with Crippen molar-refractivity contribution in [2.75, 3.05) is 10.6 Å². The predicted octanol–water partition coefficient (Wildman–Crippen LogP) is 3.94. The Labute approximate surface area is 119 Å². The Bertz CT molecular complexity index is 646. The molecule has 0 atom stereocenters. The third kappa shape index (κ3) is 2.67. The molecule has 0 saturated heterocycles. The van der Waals surface area contributed by atoms with E-state index in [2.05, 4.69) is 28.8 Å². The molecular formula is C17H19N3. The fourth-order valence-corrected chi connectivity index (χ4v) is 2.77. The molecule has 1 aliphatic rings. The van der Waals surface area contributed by atoms with Crippen LogP contribution in [0, 0.1) is 12.3 Å². The summed E-state index contributed by atoms with van der Waals surface area (Å²) in [4.78, 5) is 0. The summed E-state index contributed by atoms with van der Waals surface area (Å²) in [6, 6.07) is 14.3. The summed E-state index contributed by atoms with van der Waals surface area (Å²) >= 11 is 0. The third-order valence-electron chi connectivity index (χ3n) is 3.69. The first-order chi connectivity index (χ1) is 9.72. The van der Waals surface area contributed by atoms with Gasteiger partial charge < -0.3 is 10.6 Å². The normalized spacial score (nSPS) is 12.8. The van der Waals surface area contributed by atoms with E-state index in [-0.39, 0.29) is 0 Å². The first kappa shape index (κ1) is 12.7. The standard InChI is InChI=1S/C17H19N3/c1-12-5-2-8-14(11-12)19-17(18)20-16-10-4-7-13-6-3-9-15(13)16/h2,4-5,7-8,10-11H,3,6,9H2,1H3,(H3,18,19,20). The molecule has 3 nitrogen and oxygen atoms in total. The van der Waals surface area contributed by atoms with Crippen molar-refractivity contribution in [1.29, 1.82) is 5.41 Å². The first-order valence-corrected chi connectivity index (χ1v) is 7.02. The topological polar surface area (TPSA) is 47.9 Å². The van der Waals surface area contributed by atoms with Crippen LogP contribution in [0.1, 0.15) is 23.1 Å². The van der Waals surface area contributed by atoms with Gasteiger partial charge in [-0.15, -0.1) is 0 Å². The second kappa shape index (κ2) is 5.37. The smallest absolute Gasteiger partial charge is 0.197 e. The van der Waals surface area contributed by atoms with E-state index >= 15 is 0 Å². The maximum absolute atomic E-state index is 8.07. The molecule has 0 saturated carbocycles. The van der Waals surface area contributed by atoms with Crippen LogP contribution in [0.25, 0.3) is 0 Å². The lowest BCUT2D eigenvalue weighted by Gasteiger charge is -2.14. The highest BCUT2D eigenvalue weighted by atomic mass is 15.1. The van der Waals surface area contributed by atoms with E-state index in [4.69, 9.17) is 5.41 Å². The van der Waals surface area contributed by atoms with Gasteiger partial charge in [0.15, 0.2) is 5.96 Å². The molecule has 0 fully saturated rings. The summed E-state index contributed by atoms with van der Waals surface area (Å²) in [5.41, 5.74) is 5.96. The molecule has 3 heteroatoms. The Hall–Kier alpha value is -2.29. The lowest BCUT2D eigenvalue weighted by Crippen LogP contribution is -2.21. The van der Waals surface area contributed by atoms with E-state index in [1.165, 1.54) is 23.1 Å². The maximum Gasteiger partial charge on any atom is 0.197 e. The highest BCUT2D eigenvalue weighted by molar-refractivity contribution is 6.02. The van der Waals surface area contributed by atoms with Gasteiger partial charge in [0.2, 0.25) is 0 Å². The summed E-state index contributed by atoms with van der Waals surface area (Å²) in [5, 5.41) is 14.4. The molecule has 0 aromatic heterocycles. The van der Waals surface area contributed by atoms with Crippen LogP contribution in [0.4, 0.5) is 11.4 Å². The SMILES string of the molecule is Cc1cccc(NC(=N)Nc2cccc3c2CCC3)c1. The summed E-state index contributed by atoms with van der Waals surface area (Å²) in [5.74, 6) is 0.316. The van der Waals surface area contributed by atoms with E-state index in [0.717, 1.165) is 24.2 Å². The largest absolute Gasteiger partial charge is 0.326 e. The van der Waals surface area contributed by atoms with Gasteiger partial charge in [-0.3, -0.25) is 5.41 Å². The Kier molecular flexibility index (Phi) is 3.42. The van der Waals surface area contributed by atoms with Gasteiger partial charge in [-0.25, -0.2) is 0 Å². The van der Waals surface area contributed by atoms with Gasteiger partial charge >= 0.3 is 0 Å². The molecule has 2 aromatic carbocycles. The van der Waals surface area contributed by atoms with Crippen molar-refractivity contribution in [2.45, 2.75) is 26.2 Å². The van der Waals surface area contributed by atoms with Crippen molar-refractivity contribution < 1.29 is 0 Å². The zero-order valence-corrected chi connectivity index (χ0v) is 11.7. The van der Waals surface area contributed by atoms with Crippen LogP contribution in [-0.4, -0.2) is 5.96 Å². The lowest BCUT2D eigenvalue weighted by atomic mass is 10.1. The van der Waals surface area contributed by atoms with Gasteiger partial charge in [-0.2, -0.15) is 0 Å². The number of fused-ring (bicyclic) bond motifs is 1. The summed E-state index contributed by atoms with van der Waals surface area (Å²) < 4.78 is 0. The van der Waals surface area contributed by atoms with Crippen LogP contribution in [0.15, 0.2) is 42.5 Å². The van der Waals surface area contributed by atoms with Crippen molar-refractivity contribution in [3.05, 3.63) is 59.2 Å². The minimum Gasteiger partial charge on any atom is -0.326 e. The van der Waals surface area contributed by atoms with Crippen LogP contribution in [0.2, 0.25) is 0 Å². The predicted molar refractivity (Wildman–Crippen MR) is 84.6 cm³/mol. The first-order valence-electron chi connectivity index (χ1n) is 7.02. The molecule has 0 amide bonds. The molecule has 1 aliphatic carbocycles. The van der Waals surface area contributed by atoms with E-state index in [1.807, 2.05) is 31.2 Å². The van der Waals surface area contributed by atoms with Crippen LogP contribution >= 0.6 is 0 Å². The Balaban J connectivity index is 1.72. The van der Waals surface area contributed by atoms with Crippen LogP contribution in [0.5, 0.6) is 0 Å². The van der Waals surface area contributed by atoms with Gasteiger partial charge in [0.1, 0.15) is 0 Å². The van der Waals surface area contributed by atoms with E-state index in [0.29, 0.717) is 5.96 Å². The number of hydrogen-bond acceptors (Lipinski definition) is 1. The average Bonchev–Trinajstić information content (AvgIpc) is 2.88. The summed E-state index contributed by atoms with van der Waals surface area (Å²) in [6.07, 6.45) is 3.48. The monoisotopic (exact) mass is 265 g/mol. The van der Waals surface area contributed by atoms with E-state index < -0.39 is 0 Å². The molecule has 20 heavy (non-hydrogen) atoms. The number of nitrogens with one attached hydrogen (secondary N) is 3. The van der Waals surface area contributed by atoms with Gasteiger partial charge in [-0.1, -0.05) is 24.3 Å². The summed E-state index contributed by atoms with van der Waals surface area (Å²) in [6.45, 7) is 2.05. The molecule has 3 N–H and O–H groups in total. The molecule has 0 heterocycles. The number of hydrogen-bond donors (Lipinski definition) is 3. The fourth-order valence-electron chi connectivity index (χ4n) is 2.77. The Morgan fingerprint density at radius 2 is 1.90 bits per heavy atom. The second-order valence-corrected chi connectivity index (χ2v) is 5.29. The minimum atomic E-state index is 0.316. The Morgan fingerprint density at radius 1 is 1.05 bits per heavy atom. The van der Waals surface area contributed by atoms with Crippen LogP contribution in [0.3, 0.4) is 0 Å². The zero-order chi connectivity index (χ0) is 13.9. The molecule has 0 spiro atoms. The lowest BCUT2D eigenvalue weighted by molar-refractivity contribution is 0.912. The second-order valence-electron chi connectivity index (χ2n) is 5.29. The zero-order valence-electron chi connectivity index (χ0n) is 11.7. The molecule has 0 unspecified atom stereocenters. The molecule has 0 bridgehead atoms. The van der Waals surface area contributed by atoms with Crippen molar-refractivity contribution in [1.82, 2.24) is 0 Å². The third-order valence-corrected chi connectivity index (χ3v) is 3.69. The molecule has 2 aromatic rings. The van der Waals surface area contributed by atoms with E-state index in [9.17, 15) is 0 Å². The van der Waals surface area contributed by atoms with Gasteiger partial charge in [0.05, 0.1) is 0 Å². The molecule has 102 valence electrons. The highest BCUT2D eigenvalue weighted by Gasteiger charge is 2.14. The molecule has 3 rings (SSSR count). The number of guanidine groups is 1. The van der Waals surface area contributed by atoms with Crippen molar-refractivity contribution in [2.24, 2.45) is 0 Å².